The fourth-order valence-electron chi connectivity index (χ4n) is 3.39. The van der Waals surface area contributed by atoms with Crippen LogP contribution in [0.2, 0.25) is 17.3 Å². The average Bonchev–Trinajstić information content (AvgIpc) is 2.63. The molecule has 1 unspecified atom stereocenters. The van der Waals surface area contributed by atoms with E-state index in [9.17, 15) is 5.76 Å². The zero-order valence-electron chi connectivity index (χ0n) is 17.2. The monoisotopic (exact) mass is 409 g/mol. The molecule has 0 spiro atoms. The van der Waals surface area contributed by atoms with E-state index >= 15 is 0 Å². The molecule has 3 rings (SSSR count). The molecular formula is C24H27FGe. The molecule has 0 saturated carbocycles. The van der Waals surface area contributed by atoms with E-state index in [1.165, 1.54) is 4.40 Å². The molecule has 0 radical (unpaired) electrons. The first kappa shape index (κ1) is 17.5. The number of aryl methyl sites for hydroxylation is 1. The fraction of sp³-hybridized carbons (Fsp3) is 0.250. The van der Waals surface area contributed by atoms with Gasteiger partial charge in [0.05, 0.1) is 0 Å². The van der Waals surface area contributed by atoms with Crippen molar-refractivity contribution in [2.45, 2.75) is 37.0 Å². The summed E-state index contributed by atoms with van der Waals surface area (Å²) in [6, 6.07) is 21.6. The van der Waals surface area contributed by atoms with Gasteiger partial charge in [0, 0.05) is 0 Å². The Kier molecular flexibility index (Phi) is 4.99. The van der Waals surface area contributed by atoms with Gasteiger partial charge in [-0.3, -0.25) is 0 Å². The van der Waals surface area contributed by atoms with Crippen molar-refractivity contribution < 1.29 is 5.76 Å². The van der Waals surface area contributed by atoms with Crippen LogP contribution in [-0.2, 0) is 0 Å². The fourth-order valence-corrected chi connectivity index (χ4v) is 6.85. The molecule has 0 heterocycles. The van der Waals surface area contributed by atoms with E-state index in [1.54, 1.807) is 13.0 Å². The minimum absolute atomic E-state index is 0.181. The van der Waals surface area contributed by atoms with Crippen molar-refractivity contribution in [1.82, 2.24) is 0 Å². The zero-order chi connectivity index (χ0) is 19.8. The molecule has 1 atom stereocenters. The van der Waals surface area contributed by atoms with Crippen LogP contribution in [0.25, 0.3) is 11.1 Å². The second-order valence-corrected chi connectivity index (χ2v) is 18.5. The summed E-state index contributed by atoms with van der Waals surface area (Å²) in [4.78, 5) is 0. The second kappa shape index (κ2) is 7.40. The van der Waals surface area contributed by atoms with Crippen molar-refractivity contribution in [3.05, 3.63) is 89.2 Å². The summed E-state index contributed by atoms with van der Waals surface area (Å²) in [6.07, 6.45) is 0. The maximum absolute atomic E-state index is 14.7. The summed E-state index contributed by atoms with van der Waals surface area (Å²) >= 11 is -2.23. The molecule has 0 N–H and O–H groups in total. The van der Waals surface area contributed by atoms with Gasteiger partial charge in [-0.25, -0.2) is 0 Å². The van der Waals surface area contributed by atoms with Crippen LogP contribution < -0.4 is 4.40 Å². The summed E-state index contributed by atoms with van der Waals surface area (Å²) in [5.74, 6) is 5.96. The molecule has 0 aliphatic heterocycles. The summed E-state index contributed by atoms with van der Waals surface area (Å²) in [6.45, 7) is 3.74. The van der Waals surface area contributed by atoms with E-state index in [2.05, 4.69) is 23.3 Å². The van der Waals surface area contributed by atoms with Crippen LogP contribution in [0.1, 0.15) is 30.9 Å². The summed E-state index contributed by atoms with van der Waals surface area (Å²) in [7, 11) is 0. The molecule has 0 aromatic heterocycles. The molecule has 2 heteroatoms. The Morgan fingerprint density at radius 1 is 0.923 bits per heavy atom. The summed E-state index contributed by atoms with van der Waals surface area (Å²) < 4.78 is 25.3. The first-order valence-corrected chi connectivity index (χ1v) is 16.4. The van der Waals surface area contributed by atoms with Crippen LogP contribution in [0.15, 0.2) is 66.7 Å². The Labute approximate surface area is 160 Å². The maximum atomic E-state index is 14.7. The Bertz CT molecular complexity index is 956. The van der Waals surface area contributed by atoms with Gasteiger partial charge in [-0.2, -0.15) is 0 Å². The Hall–Kier alpha value is -1.87. The molecule has 134 valence electrons. The standard InChI is InChI=1S/C24H27FGe/c1-17-10-9-13-21(24(17)25)20-14-15-23(26(3,4)5)22(16-20)18(2)19-11-7-6-8-12-19/h6-16,18H,1-5H3/i18D. The quantitative estimate of drug-likeness (QED) is 0.433. The van der Waals surface area contributed by atoms with Crippen molar-refractivity contribution in [2.75, 3.05) is 0 Å². The van der Waals surface area contributed by atoms with Gasteiger partial charge < -0.3 is 0 Å². The van der Waals surface area contributed by atoms with Gasteiger partial charge >= 0.3 is 161 Å². The molecule has 3 aromatic rings. The molecule has 0 saturated heterocycles. The van der Waals surface area contributed by atoms with Gasteiger partial charge in [-0.05, 0) is 0 Å². The van der Waals surface area contributed by atoms with Gasteiger partial charge in [0.25, 0.3) is 0 Å². The number of benzene rings is 3. The number of hydrogen-bond acceptors (Lipinski definition) is 0. The van der Waals surface area contributed by atoms with E-state index in [4.69, 9.17) is 0 Å². The molecule has 0 fully saturated rings. The predicted molar refractivity (Wildman–Crippen MR) is 114 cm³/mol. The third kappa shape index (κ3) is 3.78. The molecule has 3 aromatic carbocycles. The van der Waals surface area contributed by atoms with E-state index < -0.39 is 19.2 Å². The van der Waals surface area contributed by atoms with E-state index in [0.29, 0.717) is 11.1 Å². The molecule has 0 aliphatic rings. The van der Waals surface area contributed by atoms with Crippen molar-refractivity contribution >= 4 is 17.7 Å². The van der Waals surface area contributed by atoms with Crippen LogP contribution in [-0.4, -0.2) is 13.3 Å². The SMILES string of the molecule is [2H]C(C)(c1ccccc1)c1cc(-c2cccc(C)c2F)cc[c]1[Ge]([CH3])([CH3])[CH3]. The third-order valence-electron chi connectivity index (χ3n) is 4.94. The Morgan fingerprint density at radius 3 is 2.27 bits per heavy atom. The van der Waals surface area contributed by atoms with Gasteiger partial charge in [0.2, 0.25) is 0 Å². The number of halogens is 1. The number of rotatable bonds is 4. The summed E-state index contributed by atoms with van der Waals surface area (Å²) in [5, 5.41) is 0. The molecule has 0 nitrogen and oxygen atoms in total. The molecule has 26 heavy (non-hydrogen) atoms. The first-order chi connectivity index (χ1) is 12.6. The normalized spacial score (nSPS) is 14.6. The van der Waals surface area contributed by atoms with Crippen LogP contribution in [0.3, 0.4) is 0 Å². The van der Waals surface area contributed by atoms with Gasteiger partial charge in [0.1, 0.15) is 0 Å². The Balaban J connectivity index is 2.26. The van der Waals surface area contributed by atoms with Crippen molar-refractivity contribution in [2.24, 2.45) is 0 Å². The van der Waals surface area contributed by atoms with Crippen LogP contribution >= 0.6 is 0 Å². The van der Waals surface area contributed by atoms with E-state index in [0.717, 1.165) is 16.7 Å². The molecule has 0 amide bonds. The van der Waals surface area contributed by atoms with E-state index in [1.807, 2.05) is 61.5 Å². The molecular weight excluding hydrogens is 380 g/mol. The van der Waals surface area contributed by atoms with Crippen LogP contribution in [0, 0.1) is 12.7 Å². The molecule has 0 aliphatic carbocycles. The van der Waals surface area contributed by atoms with Crippen LogP contribution in [0.4, 0.5) is 4.39 Å². The zero-order valence-corrected chi connectivity index (χ0v) is 18.3. The van der Waals surface area contributed by atoms with Crippen molar-refractivity contribution in [1.29, 1.82) is 0 Å². The van der Waals surface area contributed by atoms with E-state index in [-0.39, 0.29) is 5.82 Å². The Morgan fingerprint density at radius 2 is 1.62 bits per heavy atom. The van der Waals surface area contributed by atoms with Gasteiger partial charge in [0.15, 0.2) is 0 Å². The average molecular weight is 408 g/mol. The van der Waals surface area contributed by atoms with Gasteiger partial charge in [-0.15, -0.1) is 0 Å². The topological polar surface area (TPSA) is 0 Å². The second-order valence-electron chi connectivity index (χ2n) is 7.94. The first-order valence-electron chi connectivity index (χ1n) is 9.58. The van der Waals surface area contributed by atoms with Crippen LogP contribution in [0.5, 0.6) is 0 Å². The van der Waals surface area contributed by atoms with Crippen molar-refractivity contribution in [3.63, 3.8) is 0 Å². The molecule has 0 bridgehead atoms. The number of hydrogen-bond donors (Lipinski definition) is 0. The minimum atomic E-state index is -2.23. The summed E-state index contributed by atoms with van der Waals surface area (Å²) in [5.41, 5.74) is 4.05. The van der Waals surface area contributed by atoms with Crippen molar-refractivity contribution in [3.8, 4) is 11.1 Å². The predicted octanol–water partition coefficient (Wildman–Crippen LogP) is 6.50. The third-order valence-corrected chi connectivity index (χ3v) is 9.25. The van der Waals surface area contributed by atoms with Gasteiger partial charge in [-0.1, -0.05) is 0 Å².